The van der Waals surface area contributed by atoms with E-state index in [1.54, 1.807) is 0 Å². The Balaban J connectivity index is 1.64. The summed E-state index contributed by atoms with van der Waals surface area (Å²) in [5.74, 6) is 0. The molecule has 21 heavy (non-hydrogen) atoms. The molecule has 0 aliphatic carbocycles. The molecule has 1 N–H and O–H groups in total. The van der Waals surface area contributed by atoms with Crippen LogP contribution >= 0.6 is 0 Å². The topological polar surface area (TPSA) is 32.7 Å². The van der Waals surface area contributed by atoms with Crippen molar-refractivity contribution >= 4 is 0 Å². The molecule has 1 saturated heterocycles. The average Bonchev–Trinajstić information content (AvgIpc) is 2.56. The molecule has 1 atom stereocenters. The average molecular weight is 283 g/mol. The number of aliphatic hydroxyl groups excluding tert-OH is 1. The maximum atomic E-state index is 9.11. The van der Waals surface area contributed by atoms with E-state index in [4.69, 9.17) is 9.84 Å². The van der Waals surface area contributed by atoms with Crippen LogP contribution in [0.15, 0.2) is 54.6 Å². The Bertz CT molecular complexity index is 553. The first-order valence-corrected chi connectivity index (χ1v) is 7.43. The first kappa shape index (κ1) is 14.3. The molecule has 0 saturated carbocycles. The van der Waals surface area contributed by atoms with Crippen molar-refractivity contribution < 1.29 is 9.84 Å². The summed E-state index contributed by atoms with van der Waals surface area (Å²) in [6, 6.07) is 18.6. The van der Waals surface area contributed by atoms with Gasteiger partial charge in [-0.25, -0.2) is 0 Å². The number of benzene rings is 2. The normalized spacial score (nSPS) is 19.6. The third-order valence-corrected chi connectivity index (χ3v) is 3.93. The third-order valence-electron chi connectivity index (χ3n) is 3.93. The number of hydrogen-bond donors (Lipinski definition) is 1. The van der Waals surface area contributed by atoms with E-state index in [1.165, 1.54) is 11.1 Å². The highest BCUT2D eigenvalue weighted by Gasteiger charge is 2.21. The van der Waals surface area contributed by atoms with Gasteiger partial charge in [0.25, 0.3) is 0 Å². The van der Waals surface area contributed by atoms with E-state index in [2.05, 4.69) is 41.3 Å². The van der Waals surface area contributed by atoms with Gasteiger partial charge in [-0.05, 0) is 16.7 Å². The summed E-state index contributed by atoms with van der Waals surface area (Å²) in [6.07, 6.45) is 0.121. The van der Waals surface area contributed by atoms with Gasteiger partial charge in [-0.2, -0.15) is 0 Å². The second-order valence-corrected chi connectivity index (χ2v) is 5.48. The van der Waals surface area contributed by atoms with Gasteiger partial charge in [0.05, 0.1) is 19.3 Å². The third kappa shape index (κ3) is 3.70. The second-order valence-electron chi connectivity index (χ2n) is 5.48. The summed E-state index contributed by atoms with van der Waals surface area (Å²) < 4.78 is 5.90. The molecule has 0 spiro atoms. The Kier molecular flexibility index (Phi) is 4.65. The van der Waals surface area contributed by atoms with E-state index in [0.29, 0.717) is 0 Å². The van der Waals surface area contributed by atoms with Crippen molar-refractivity contribution in [2.45, 2.75) is 19.3 Å². The molecular formula is C18H21NO2. The van der Waals surface area contributed by atoms with Crippen LogP contribution in [0.5, 0.6) is 0 Å². The predicted octanol–water partition coefficient (Wildman–Crippen LogP) is 2.75. The molecule has 3 nitrogen and oxygen atoms in total. The zero-order chi connectivity index (χ0) is 14.5. The summed E-state index contributed by atoms with van der Waals surface area (Å²) in [4.78, 5) is 2.43. The summed E-state index contributed by atoms with van der Waals surface area (Å²) in [7, 11) is 0. The van der Waals surface area contributed by atoms with Crippen molar-refractivity contribution in [2.24, 2.45) is 0 Å². The van der Waals surface area contributed by atoms with Crippen molar-refractivity contribution in [3.63, 3.8) is 0 Å². The van der Waals surface area contributed by atoms with E-state index in [-0.39, 0.29) is 12.7 Å². The Morgan fingerprint density at radius 2 is 1.76 bits per heavy atom. The van der Waals surface area contributed by atoms with Crippen LogP contribution in [0.4, 0.5) is 0 Å². The molecular weight excluding hydrogens is 262 g/mol. The first-order chi connectivity index (χ1) is 10.3. The van der Waals surface area contributed by atoms with E-state index in [0.717, 1.165) is 31.8 Å². The van der Waals surface area contributed by atoms with Crippen molar-refractivity contribution in [3.05, 3.63) is 71.3 Å². The van der Waals surface area contributed by atoms with E-state index in [1.807, 2.05) is 18.2 Å². The lowest BCUT2D eigenvalue weighted by molar-refractivity contribution is -0.0329. The molecule has 0 aromatic heterocycles. The number of aliphatic hydroxyl groups is 1. The molecule has 1 aliphatic rings. The van der Waals surface area contributed by atoms with Crippen LogP contribution in [0, 0.1) is 0 Å². The minimum absolute atomic E-state index is 0.0892. The smallest absolute Gasteiger partial charge is 0.0952 e. The number of rotatable bonds is 4. The Morgan fingerprint density at radius 3 is 2.48 bits per heavy atom. The van der Waals surface area contributed by atoms with Crippen LogP contribution in [0.25, 0.3) is 0 Å². The molecule has 0 amide bonds. The van der Waals surface area contributed by atoms with Gasteiger partial charge in [0, 0.05) is 19.6 Å². The van der Waals surface area contributed by atoms with Crippen LogP contribution in [0.2, 0.25) is 0 Å². The Hall–Kier alpha value is -1.68. The van der Waals surface area contributed by atoms with Crippen molar-refractivity contribution in [1.82, 2.24) is 4.90 Å². The van der Waals surface area contributed by atoms with Gasteiger partial charge < -0.3 is 9.84 Å². The molecule has 3 heteroatoms. The molecule has 0 bridgehead atoms. The zero-order valence-corrected chi connectivity index (χ0v) is 12.1. The lowest BCUT2D eigenvalue weighted by Gasteiger charge is -2.33. The minimum atomic E-state index is 0.0892. The van der Waals surface area contributed by atoms with Crippen LogP contribution in [0.3, 0.4) is 0 Å². The second kappa shape index (κ2) is 6.85. The van der Waals surface area contributed by atoms with Gasteiger partial charge in [0.1, 0.15) is 0 Å². The van der Waals surface area contributed by atoms with Crippen molar-refractivity contribution in [2.75, 3.05) is 19.7 Å². The van der Waals surface area contributed by atoms with Crippen LogP contribution in [0.1, 0.15) is 22.8 Å². The summed E-state index contributed by atoms with van der Waals surface area (Å²) >= 11 is 0. The molecule has 1 heterocycles. The van der Waals surface area contributed by atoms with E-state index in [9.17, 15) is 0 Å². The van der Waals surface area contributed by atoms with Gasteiger partial charge in [-0.3, -0.25) is 4.90 Å². The van der Waals surface area contributed by atoms with Gasteiger partial charge in [-0.15, -0.1) is 0 Å². The maximum Gasteiger partial charge on any atom is 0.0952 e. The highest BCUT2D eigenvalue weighted by atomic mass is 16.5. The number of nitrogens with zero attached hydrogens (tertiary/aromatic N) is 1. The predicted molar refractivity (Wildman–Crippen MR) is 82.8 cm³/mol. The molecule has 0 unspecified atom stereocenters. The lowest BCUT2D eigenvalue weighted by Crippen LogP contribution is -2.37. The molecule has 3 rings (SSSR count). The largest absolute Gasteiger partial charge is 0.392 e. The van der Waals surface area contributed by atoms with Crippen LogP contribution in [-0.2, 0) is 17.9 Å². The standard InChI is InChI=1S/C18H21NO2/c20-14-16-6-8-17(9-7-16)18-13-19(10-11-21-18)12-15-4-2-1-3-5-15/h1-9,18,20H,10-14H2/t18-/m0/s1. The number of morpholine rings is 1. The minimum Gasteiger partial charge on any atom is -0.392 e. The fraction of sp³-hybridized carbons (Fsp3) is 0.333. The highest BCUT2D eigenvalue weighted by molar-refractivity contribution is 5.24. The molecule has 1 aliphatic heterocycles. The number of hydrogen-bond acceptors (Lipinski definition) is 3. The lowest BCUT2D eigenvalue weighted by atomic mass is 10.1. The summed E-state index contributed by atoms with van der Waals surface area (Å²) in [5.41, 5.74) is 3.47. The highest BCUT2D eigenvalue weighted by Crippen LogP contribution is 2.23. The summed E-state index contributed by atoms with van der Waals surface area (Å²) in [5, 5.41) is 9.11. The van der Waals surface area contributed by atoms with E-state index >= 15 is 0 Å². The van der Waals surface area contributed by atoms with E-state index < -0.39 is 0 Å². The number of ether oxygens (including phenoxy) is 1. The summed E-state index contributed by atoms with van der Waals surface area (Å²) in [6.45, 7) is 3.70. The van der Waals surface area contributed by atoms with Crippen molar-refractivity contribution in [1.29, 1.82) is 0 Å². The van der Waals surface area contributed by atoms with Gasteiger partial charge in [-0.1, -0.05) is 54.6 Å². The van der Waals surface area contributed by atoms with Gasteiger partial charge in [0.15, 0.2) is 0 Å². The SMILES string of the molecule is OCc1ccc([C@@H]2CN(Cc3ccccc3)CCO2)cc1. The van der Waals surface area contributed by atoms with Crippen molar-refractivity contribution in [3.8, 4) is 0 Å². The van der Waals surface area contributed by atoms with Crippen LogP contribution < -0.4 is 0 Å². The zero-order valence-electron chi connectivity index (χ0n) is 12.1. The molecule has 2 aromatic carbocycles. The molecule has 110 valence electrons. The molecule has 0 radical (unpaired) electrons. The first-order valence-electron chi connectivity index (χ1n) is 7.43. The fourth-order valence-corrected chi connectivity index (χ4v) is 2.73. The Labute approximate surface area is 125 Å². The Morgan fingerprint density at radius 1 is 1.00 bits per heavy atom. The van der Waals surface area contributed by atoms with Gasteiger partial charge >= 0.3 is 0 Å². The monoisotopic (exact) mass is 283 g/mol. The quantitative estimate of drug-likeness (QED) is 0.936. The van der Waals surface area contributed by atoms with Crippen LogP contribution in [-0.4, -0.2) is 29.7 Å². The maximum absolute atomic E-state index is 9.11. The van der Waals surface area contributed by atoms with Gasteiger partial charge in [0.2, 0.25) is 0 Å². The molecule has 2 aromatic rings. The molecule has 1 fully saturated rings. The fourth-order valence-electron chi connectivity index (χ4n) is 2.73.